The van der Waals surface area contributed by atoms with Crippen molar-refractivity contribution in [2.75, 3.05) is 5.32 Å². The molecule has 0 aliphatic carbocycles. The predicted octanol–water partition coefficient (Wildman–Crippen LogP) is 5.23. The third-order valence-electron chi connectivity index (χ3n) is 4.53. The van der Waals surface area contributed by atoms with Gasteiger partial charge >= 0.3 is 0 Å². The van der Waals surface area contributed by atoms with Crippen molar-refractivity contribution in [2.24, 2.45) is 0 Å². The summed E-state index contributed by atoms with van der Waals surface area (Å²) in [6, 6.07) is 12.8. The normalized spacial score (nSPS) is 12.0. The van der Waals surface area contributed by atoms with Gasteiger partial charge in [0.05, 0.1) is 5.25 Å². The summed E-state index contributed by atoms with van der Waals surface area (Å²) in [6.07, 6.45) is 0.924. The lowest BCUT2D eigenvalue weighted by atomic mass is 10.1. The number of halogens is 1. The molecular weight excluding hydrogens is 387 g/mol. The van der Waals surface area contributed by atoms with Crippen LogP contribution in [0.1, 0.15) is 31.4 Å². The molecule has 152 valence electrons. The molecule has 0 unspecified atom stereocenters. The maximum atomic E-state index is 13.7. The van der Waals surface area contributed by atoms with E-state index in [1.54, 1.807) is 19.1 Å². The molecular formula is C22H25FN4OS. The molecule has 0 fully saturated rings. The molecule has 0 saturated heterocycles. The number of anilines is 1. The van der Waals surface area contributed by atoms with Gasteiger partial charge in [-0.25, -0.2) is 4.39 Å². The number of amides is 1. The van der Waals surface area contributed by atoms with E-state index in [2.05, 4.69) is 33.1 Å². The molecule has 0 radical (unpaired) electrons. The number of aryl methyl sites for hydroxylation is 2. The second kappa shape index (κ2) is 9.22. The number of hydrogen-bond donors (Lipinski definition) is 1. The minimum absolute atomic E-state index is 0.207. The molecule has 0 saturated carbocycles. The van der Waals surface area contributed by atoms with E-state index in [0.29, 0.717) is 16.4 Å². The van der Waals surface area contributed by atoms with Gasteiger partial charge in [0.25, 0.3) is 0 Å². The van der Waals surface area contributed by atoms with E-state index in [-0.39, 0.29) is 11.7 Å². The molecule has 1 atom stereocenters. The molecule has 1 heterocycles. The Hall–Kier alpha value is -2.67. The van der Waals surface area contributed by atoms with E-state index in [9.17, 15) is 9.18 Å². The molecule has 3 rings (SSSR count). The zero-order chi connectivity index (χ0) is 21.0. The molecule has 7 heteroatoms. The predicted molar refractivity (Wildman–Crippen MR) is 116 cm³/mol. The van der Waals surface area contributed by atoms with Crippen LogP contribution in [0.5, 0.6) is 0 Å². The molecule has 3 aromatic rings. The van der Waals surface area contributed by atoms with Gasteiger partial charge in [-0.2, -0.15) is 0 Å². The van der Waals surface area contributed by atoms with Crippen LogP contribution in [0.25, 0.3) is 11.4 Å². The number of thioether (sulfide) groups is 1. The van der Waals surface area contributed by atoms with Crippen molar-refractivity contribution < 1.29 is 9.18 Å². The Morgan fingerprint density at radius 1 is 1.21 bits per heavy atom. The van der Waals surface area contributed by atoms with Crippen LogP contribution in [-0.4, -0.2) is 25.9 Å². The minimum atomic E-state index is -0.412. The largest absolute Gasteiger partial charge is 0.325 e. The zero-order valence-corrected chi connectivity index (χ0v) is 17.9. The molecule has 0 aliphatic heterocycles. The molecule has 1 amide bonds. The maximum Gasteiger partial charge on any atom is 0.237 e. The van der Waals surface area contributed by atoms with Crippen molar-refractivity contribution in [1.29, 1.82) is 0 Å². The van der Waals surface area contributed by atoms with Gasteiger partial charge in [-0.1, -0.05) is 48.5 Å². The smallest absolute Gasteiger partial charge is 0.237 e. The highest BCUT2D eigenvalue weighted by atomic mass is 32.2. The molecule has 0 aliphatic rings. The summed E-state index contributed by atoms with van der Waals surface area (Å²) in [5.41, 5.74) is 3.15. The van der Waals surface area contributed by atoms with E-state index in [1.165, 1.54) is 17.8 Å². The Kier molecular flexibility index (Phi) is 6.69. The van der Waals surface area contributed by atoms with Gasteiger partial charge in [0.15, 0.2) is 11.0 Å². The first-order valence-electron chi connectivity index (χ1n) is 9.63. The van der Waals surface area contributed by atoms with Crippen LogP contribution >= 0.6 is 11.8 Å². The Morgan fingerprint density at radius 2 is 2.00 bits per heavy atom. The molecule has 0 bridgehead atoms. The fraction of sp³-hybridized carbons (Fsp3) is 0.318. The number of rotatable bonds is 7. The van der Waals surface area contributed by atoms with Crippen LogP contribution in [0.3, 0.4) is 0 Å². The standard InChI is InChI=1S/C22H25FN4OS/c1-5-11-27-20(17-8-6-7-14(2)12-17)25-26-22(27)29-16(4)21(28)24-18-10-9-15(3)19(23)13-18/h6-10,12-13,16H,5,11H2,1-4H3,(H,24,28)/t16-/m0/s1. The van der Waals surface area contributed by atoms with Crippen molar-refractivity contribution in [3.8, 4) is 11.4 Å². The Labute approximate surface area is 174 Å². The summed E-state index contributed by atoms with van der Waals surface area (Å²) in [5.74, 6) is 0.251. The van der Waals surface area contributed by atoms with Crippen molar-refractivity contribution in [3.05, 3.63) is 59.4 Å². The first-order valence-corrected chi connectivity index (χ1v) is 10.5. The van der Waals surface area contributed by atoms with Crippen LogP contribution in [0.15, 0.2) is 47.6 Å². The van der Waals surface area contributed by atoms with Gasteiger partial charge < -0.3 is 9.88 Å². The van der Waals surface area contributed by atoms with E-state index < -0.39 is 5.25 Å². The van der Waals surface area contributed by atoms with Crippen molar-refractivity contribution in [2.45, 2.75) is 51.1 Å². The lowest BCUT2D eigenvalue weighted by molar-refractivity contribution is -0.115. The number of nitrogens with zero attached hydrogens (tertiary/aromatic N) is 3. The lowest BCUT2D eigenvalue weighted by Crippen LogP contribution is -2.23. The van der Waals surface area contributed by atoms with E-state index in [0.717, 1.165) is 29.9 Å². The van der Waals surface area contributed by atoms with E-state index in [4.69, 9.17) is 0 Å². The summed E-state index contributed by atoms with van der Waals surface area (Å²) in [5, 5.41) is 11.8. The molecule has 1 N–H and O–H groups in total. The summed E-state index contributed by atoms with van der Waals surface area (Å²) in [4.78, 5) is 12.6. The Morgan fingerprint density at radius 3 is 2.69 bits per heavy atom. The number of nitrogens with one attached hydrogen (secondary N) is 1. The van der Waals surface area contributed by atoms with Gasteiger partial charge in [-0.15, -0.1) is 10.2 Å². The highest BCUT2D eigenvalue weighted by molar-refractivity contribution is 8.00. The van der Waals surface area contributed by atoms with Crippen molar-refractivity contribution >= 4 is 23.4 Å². The molecule has 0 spiro atoms. The number of benzene rings is 2. The zero-order valence-electron chi connectivity index (χ0n) is 17.1. The second-order valence-electron chi connectivity index (χ2n) is 7.04. The fourth-order valence-corrected chi connectivity index (χ4v) is 3.80. The SMILES string of the molecule is CCCn1c(S[C@@H](C)C(=O)Nc2ccc(C)c(F)c2)nnc1-c1cccc(C)c1. The summed E-state index contributed by atoms with van der Waals surface area (Å²) < 4.78 is 15.8. The third-order valence-corrected chi connectivity index (χ3v) is 5.61. The van der Waals surface area contributed by atoms with E-state index in [1.807, 2.05) is 32.0 Å². The number of carbonyl (C=O) groups is 1. The fourth-order valence-electron chi connectivity index (χ4n) is 2.92. The van der Waals surface area contributed by atoms with Crippen LogP contribution in [0.4, 0.5) is 10.1 Å². The molecule has 2 aromatic carbocycles. The molecule has 1 aromatic heterocycles. The Balaban J connectivity index is 1.78. The highest BCUT2D eigenvalue weighted by Gasteiger charge is 2.21. The first kappa shape index (κ1) is 21.0. The van der Waals surface area contributed by atoms with Crippen LogP contribution in [0.2, 0.25) is 0 Å². The number of carbonyl (C=O) groups excluding carboxylic acids is 1. The summed E-state index contributed by atoms with van der Waals surface area (Å²) in [6.45, 7) is 8.39. The Bertz CT molecular complexity index is 1020. The second-order valence-corrected chi connectivity index (χ2v) is 8.35. The monoisotopic (exact) mass is 412 g/mol. The van der Waals surface area contributed by atoms with E-state index >= 15 is 0 Å². The quantitative estimate of drug-likeness (QED) is 0.540. The van der Waals surface area contributed by atoms with Gasteiger partial charge in [-0.05, 0) is 51.0 Å². The minimum Gasteiger partial charge on any atom is -0.325 e. The maximum absolute atomic E-state index is 13.7. The first-order chi connectivity index (χ1) is 13.9. The van der Waals surface area contributed by atoms with Crippen molar-refractivity contribution in [1.82, 2.24) is 14.8 Å². The average Bonchev–Trinajstić information content (AvgIpc) is 3.07. The summed E-state index contributed by atoms with van der Waals surface area (Å²) in [7, 11) is 0. The molecule has 5 nitrogen and oxygen atoms in total. The number of hydrogen-bond acceptors (Lipinski definition) is 4. The van der Waals surface area contributed by atoms with Crippen LogP contribution < -0.4 is 5.32 Å². The van der Waals surface area contributed by atoms with Crippen LogP contribution in [-0.2, 0) is 11.3 Å². The topological polar surface area (TPSA) is 59.8 Å². The van der Waals surface area contributed by atoms with Gasteiger partial charge in [0, 0.05) is 17.8 Å². The molecule has 29 heavy (non-hydrogen) atoms. The number of aromatic nitrogens is 3. The highest BCUT2D eigenvalue weighted by Crippen LogP contribution is 2.28. The van der Waals surface area contributed by atoms with Gasteiger partial charge in [-0.3, -0.25) is 4.79 Å². The van der Waals surface area contributed by atoms with Gasteiger partial charge in [0.1, 0.15) is 5.82 Å². The lowest BCUT2D eigenvalue weighted by Gasteiger charge is -2.14. The summed E-state index contributed by atoms with van der Waals surface area (Å²) >= 11 is 1.35. The van der Waals surface area contributed by atoms with Crippen LogP contribution in [0, 0.1) is 19.7 Å². The van der Waals surface area contributed by atoms with Gasteiger partial charge in [0.2, 0.25) is 5.91 Å². The average molecular weight is 413 g/mol. The van der Waals surface area contributed by atoms with Crippen molar-refractivity contribution in [3.63, 3.8) is 0 Å². The third kappa shape index (κ3) is 5.03.